The van der Waals surface area contributed by atoms with E-state index in [0.29, 0.717) is 5.56 Å². The van der Waals surface area contributed by atoms with Crippen molar-refractivity contribution in [2.45, 2.75) is 58.3 Å². The minimum Gasteiger partial charge on any atom is -0.508 e. The van der Waals surface area contributed by atoms with Crippen LogP contribution in [0, 0.1) is 5.92 Å². The van der Waals surface area contributed by atoms with E-state index >= 15 is 0 Å². The maximum atomic E-state index is 12.7. The second-order valence-corrected chi connectivity index (χ2v) is 7.52. The third-order valence-corrected chi connectivity index (χ3v) is 4.41. The summed E-state index contributed by atoms with van der Waals surface area (Å²) in [4.78, 5) is 48.3. The maximum Gasteiger partial charge on any atom is 0.326 e. The largest absolute Gasteiger partial charge is 0.508 e. The molecule has 10 nitrogen and oxygen atoms in total. The minimum atomic E-state index is -1.17. The topological polar surface area (TPSA) is 171 Å². The summed E-state index contributed by atoms with van der Waals surface area (Å²) in [6.45, 7) is 6.19. The zero-order chi connectivity index (χ0) is 23.0. The molecule has 0 heterocycles. The fourth-order valence-electron chi connectivity index (χ4n) is 2.55. The number of aromatic hydroxyl groups is 1. The van der Waals surface area contributed by atoms with Crippen LogP contribution >= 0.6 is 0 Å². The standard InChI is InChI=1S/C20H30N4O6/c1-10(2)16(20(29)30)24-18(27)12(4)22-19(28)15(23-17(26)11(3)21)9-13-5-7-14(25)8-6-13/h5-8,10-12,15-16,25H,9,21H2,1-4H3,(H,22,28)(H,23,26)(H,24,27)(H,29,30). The Morgan fingerprint density at radius 3 is 1.93 bits per heavy atom. The van der Waals surface area contributed by atoms with E-state index in [1.807, 2.05) is 0 Å². The van der Waals surface area contributed by atoms with Gasteiger partial charge in [-0.3, -0.25) is 14.4 Å². The van der Waals surface area contributed by atoms with Crippen molar-refractivity contribution in [2.24, 2.45) is 11.7 Å². The van der Waals surface area contributed by atoms with Gasteiger partial charge in [-0.15, -0.1) is 0 Å². The van der Waals surface area contributed by atoms with Gasteiger partial charge < -0.3 is 31.9 Å². The first-order valence-corrected chi connectivity index (χ1v) is 9.59. The molecular weight excluding hydrogens is 392 g/mol. The first kappa shape index (κ1) is 24.9. The van der Waals surface area contributed by atoms with E-state index in [0.717, 1.165) is 0 Å². The van der Waals surface area contributed by atoms with Crippen LogP contribution in [0.4, 0.5) is 0 Å². The second-order valence-electron chi connectivity index (χ2n) is 7.52. The molecule has 0 saturated heterocycles. The van der Waals surface area contributed by atoms with Crippen LogP contribution in [-0.2, 0) is 25.6 Å². The molecule has 30 heavy (non-hydrogen) atoms. The molecule has 4 unspecified atom stereocenters. The number of aliphatic carboxylic acids is 1. The predicted molar refractivity (Wildman–Crippen MR) is 109 cm³/mol. The first-order chi connectivity index (χ1) is 13.9. The number of carbonyl (C=O) groups excluding carboxylic acids is 3. The van der Waals surface area contributed by atoms with Crippen LogP contribution in [0.2, 0.25) is 0 Å². The fraction of sp³-hybridized carbons (Fsp3) is 0.500. The van der Waals surface area contributed by atoms with Gasteiger partial charge in [0.15, 0.2) is 0 Å². The fourth-order valence-corrected chi connectivity index (χ4v) is 2.55. The highest BCUT2D eigenvalue weighted by molar-refractivity contribution is 5.94. The Morgan fingerprint density at radius 2 is 1.47 bits per heavy atom. The zero-order valence-corrected chi connectivity index (χ0v) is 17.5. The lowest BCUT2D eigenvalue weighted by atomic mass is 10.0. The summed E-state index contributed by atoms with van der Waals surface area (Å²) in [7, 11) is 0. The maximum absolute atomic E-state index is 12.7. The van der Waals surface area contributed by atoms with Gasteiger partial charge in [0, 0.05) is 6.42 Å². The summed E-state index contributed by atoms with van der Waals surface area (Å²) in [5.74, 6) is -3.30. The summed E-state index contributed by atoms with van der Waals surface area (Å²) in [5.41, 5.74) is 6.23. The number of phenolic OH excluding ortho intramolecular Hbond substituents is 1. The Morgan fingerprint density at radius 1 is 0.900 bits per heavy atom. The monoisotopic (exact) mass is 422 g/mol. The van der Waals surface area contributed by atoms with Gasteiger partial charge in [0.2, 0.25) is 17.7 Å². The van der Waals surface area contributed by atoms with Gasteiger partial charge in [0.05, 0.1) is 6.04 Å². The number of carboxylic acid groups (broad SMARTS) is 1. The average molecular weight is 422 g/mol. The van der Waals surface area contributed by atoms with Crippen molar-refractivity contribution in [3.05, 3.63) is 29.8 Å². The van der Waals surface area contributed by atoms with Gasteiger partial charge in [-0.05, 0) is 37.5 Å². The molecule has 0 aliphatic carbocycles. The van der Waals surface area contributed by atoms with Crippen molar-refractivity contribution in [1.82, 2.24) is 16.0 Å². The first-order valence-electron chi connectivity index (χ1n) is 9.59. The third-order valence-electron chi connectivity index (χ3n) is 4.41. The molecule has 3 amide bonds. The number of nitrogens with two attached hydrogens (primary N) is 1. The SMILES string of the molecule is CC(N)C(=O)NC(Cc1ccc(O)cc1)C(=O)NC(C)C(=O)NC(C(=O)O)C(C)C. The molecule has 0 spiro atoms. The highest BCUT2D eigenvalue weighted by Gasteiger charge is 2.29. The predicted octanol–water partition coefficient (Wildman–Crippen LogP) is -0.503. The van der Waals surface area contributed by atoms with Gasteiger partial charge in [0.1, 0.15) is 23.9 Å². The molecule has 0 aliphatic heterocycles. The highest BCUT2D eigenvalue weighted by Crippen LogP contribution is 2.12. The van der Waals surface area contributed by atoms with E-state index in [1.54, 1.807) is 26.0 Å². The molecule has 0 fully saturated rings. The molecule has 10 heteroatoms. The summed E-state index contributed by atoms with van der Waals surface area (Å²) >= 11 is 0. The second kappa shape index (κ2) is 11.1. The Bertz CT molecular complexity index is 763. The van der Waals surface area contributed by atoms with Gasteiger partial charge in [-0.2, -0.15) is 0 Å². The smallest absolute Gasteiger partial charge is 0.326 e. The van der Waals surface area contributed by atoms with Crippen LogP contribution in [0.25, 0.3) is 0 Å². The number of benzene rings is 1. The number of rotatable bonds is 10. The number of nitrogens with one attached hydrogen (secondary N) is 3. The molecule has 7 N–H and O–H groups in total. The number of hydrogen-bond acceptors (Lipinski definition) is 6. The molecular formula is C20H30N4O6. The minimum absolute atomic E-state index is 0.0581. The van der Waals surface area contributed by atoms with Crippen LogP contribution in [0.1, 0.15) is 33.3 Å². The van der Waals surface area contributed by atoms with Crippen molar-refractivity contribution in [3.63, 3.8) is 0 Å². The van der Waals surface area contributed by atoms with Gasteiger partial charge >= 0.3 is 5.97 Å². The summed E-state index contributed by atoms with van der Waals surface area (Å²) < 4.78 is 0. The lowest BCUT2D eigenvalue weighted by molar-refractivity contribution is -0.143. The van der Waals surface area contributed by atoms with Gasteiger partial charge in [0.25, 0.3) is 0 Å². The molecule has 0 aliphatic rings. The Kier molecular flexibility index (Phi) is 9.25. The Hall–Kier alpha value is -3.14. The molecule has 0 radical (unpaired) electrons. The van der Waals surface area contributed by atoms with Gasteiger partial charge in [-0.25, -0.2) is 4.79 Å². The normalized spacial score (nSPS) is 14.9. The van der Waals surface area contributed by atoms with Gasteiger partial charge in [-0.1, -0.05) is 26.0 Å². The lowest BCUT2D eigenvalue weighted by Gasteiger charge is -2.24. The van der Waals surface area contributed by atoms with E-state index in [-0.39, 0.29) is 18.1 Å². The van der Waals surface area contributed by atoms with Crippen molar-refractivity contribution in [1.29, 1.82) is 0 Å². The molecule has 166 valence electrons. The van der Waals surface area contributed by atoms with E-state index in [9.17, 15) is 29.4 Å². The van der Waals surface area contributed by atoms with Crippen molar-refractivity contribution < 1.29 is 29.4 Å². The number of carboxylic acids is 1. The van der Waals surface area contributed by atoms with Crippen LogP contribution in [-0.4, -0.2) is 58.1 Å². The Labute approximate surface area is 175 Å². The zero-order valence-electron chi connectivity index (χ0n) is 17.5. The molecule has 1 aromatic carbocycles. The van der Waals surface area contributed by atoms with E-state index in [2.05, 4.69) is 16.0 Å². The quantitative estimate of drug-likeness (QED) is 0.295. The Balaban J connectivity index is 2.88. The molecule has 1 aromatic rings. The van der Waals surface area contributed by atoms with Crippen molar-refractivity contribution in [3.8, 4) is 5.75 Å². The van der Waals surface area contributed by atoms with Crippen molar-refractivity contribution >= 4 is 23.7 Å². The third kappa shape index (κ3) is 7.70. The number of amides is 3. The molecule has 1 rings (SSSR count). The average Bonchev–Trinajstić information content (AvgIpc) is 2.65. The molecule has 0 aromatic heterocycles. The van der Waals surface area contributed by atoms with Crippen LogP contribution in [0.3, 0.4) is 0 Å². The summed E-state index contributed by atoms with van der Waals surface area (Å²) in [5, 5.41) is 26.0. The molecule has 0 saturated carbocycles. The molecule has 4 atom stereocenters. The number of hydrogen-bond donors (Lipinski definition) is 6. The van der Waals surface area contributed by atoms with E-state index in [1.165, 1.54) is 26.0 Å². The van der Waals surface area contributed by atoms with Crippen LogP contribution in [0.15, 0.2) is 24.3 Å². The number of phenols is 1. The van der Waals surface area contributed by atoms with E-state index in [4.69, 9.17) is 5.73 Å². The van der Waals surface area contributed by atoms with Crippen LogP contribution < -0.4 is 21.7 Å². The molecule has 0 bridgehead atoms. The lowest BCUT2D eigenvalue weighted by Crippen LogP contribution is -2.57. The van der Waals surface area contributed by atoms with Crippen LogP contribution in [0.5, 0.6) is 5.75 Å². The van der Waals surface area contributed by atoms with E-state index < -0.39 is 47.9 Å². The number of carbonyl (C=O) groups is 4. The highest BCUT2D eigenvalue weighted by atomic mass is 16.4. The summed E-state index contributed by atoms with van der Waals surface area (Å²) in [6, 6.07) is 2.10. The van der Waals surface area contributed by atoms with Crippen molar-refractivity contribution in [2.75, 3.05) is 0 Å². The summed E-state index contributed by atoms with van der Waals surface area (Å²) in [6.07, 6.45) is 0.0999.